The van der Waals surface area contributed by atoms with Crippen molar-refractivity contribution in [1.82, 2.24) is 9.72 Å². The van der Waals surface area contributed by atoms with Crippen LogP contribution in [0.1, 0.15) is 5.76 Å². The molecule has 3 rings (SSSR count). The molecule has 0 aliphatic carbocycles. The third-order valence-electron chi connectivity index (χ3n) is 2.92. The Hall–Kier alpha value is -2.54. The Morgan fingerprint density at radius 1 is 1.14 bits per heavy atom. The SMILES string of the molecule is Cc1cc(NS(=O)(=O)c2ccc(-n3cccc3)cc2)no1. The molecule has 0 spiro atoms. The number of benzene rings is 1. The van der Waals surface area contributed by atoms with E-state index in [0.29, 0.717) is 5.76 Å². The van der Waals surface area contributed by atoms with Gasteiger partial charge in [0.15, 0.2) is 5.82 Å². The summed E-state index contributed by atoms with van der Waals surface area (Å²) in [5, 5.41) is 3.62. The van der Waals surface area contributed by atoms with Crippen molar-refractivity contribution in [3.05, 3.63) is 60.6 Å². The summed E-state index contributed by atoms with van der Waals surface area (Å²) in [5.41, 5.74) is 0.885. The van der Waals surface area contributed by atoms with E-state index in [2.05, 4.69) is 9.88 Å². The zero-order chi connectivity index (χ0) is 14.9. The van der Waals surface area contributed by atoms with E-state index >= 15 is 0 Å². The molecule has 2 aromatic heterocycles. The summed E-state index contributed by atoms with van der Waals surface area (Å²) < 4.78 is 33.5. The van der Waals surface area contributed by atoms with E-state index in [1.54, 1.807) is 31.2 Å². The van der Waals surface area contributed by atoms with Crippen LogP contribution in [-0.2, 0) is 10.0 Å². The average Bonchev–Trinajstić information content (AvgIpc) is 3.10. The molecular formula is C14H13N3O3S. The van der Waals surface area contributed by atoms with E-state index in [0.717, 1.165) is 5.69 Å². The molecule has 108 valence electrons. The minimum Gasteiger partial charge on any atom is -0.360 e. The monoisotopic (exact) mass is 303 g/mol. The Balaban J connectivity index is 1.86. The van der Waals surface area contributed by atoms with Crippen LogP contribution in [0.5, 0.6) is 0 Å². The van der Waals surface area contributed by atoms with Crippen LogP contribution >= 0.6 is 0 Å². The van der Waals surface area contributed by atoms with E-state index in [1.807, 2.05) is 29.1 Å². The highest BCUT2D eigenvalue weighted by molar-refractivity contribution is 7.92. The summed E-state index contributed by atoms with van der Waals surface area (Å²) >= 11 is 0. The largest absolute Gasteiger partial charge is 0.360 e. The van der Waals surface area contributed by atoms with Gasteiger partial charge >= 0.3 is 0 Å². The molecule has 0 atom stereocenters. The molecule has 0 fully saturated rings. The zero-order valence-corrected chi connectivity index (χ0v) is 12.0. The second kappa shape index (κ2) is 5.10. The molecule has 3 aromatic rings. The van der Waals surface area contributed by atoms with Gasteiger partial charge in [-0.1, -0.05) is 5.16 Å². The van der Waals surface area contributed by atoms with Crippen molar-refractivity contribution in [2.45, 2.75) is 11.8 Å². The van der Waals surface area contributed by atoms with Crippen LogP contribution in [-0.4, -0.2) is 18.1 Å². The normalized spacial score (nSPS) is 11.5. The molecular weight excluding hydrogens is 290 g/mol. The lowest BCUT2D eigenvalue weighted by molar-refractivity contribution is 0.400. The Labute approximate surface area is 122 Å². The molecule has 0 unspecified atom stereocenters. The molecule has 0 bridgehead atoms. The predicted octanol–water partition coefficient (Wildman–Crippen LogP) is 2.57. The minimum absolute atomic E-state index is 0.166. The Bertz CT molecular complexity index is 834. The van der Waals surface area contributed by atoms with Gasteiger partial charge in [-0.05, 0) is 43.3 Å². The highest BCUT2D eigenvalue weighted by Gasteiger charge is 2.16. The van der Waals surface area contributed by atoms with Crippen LogP contribution in [0.2, 0.25) is 0 Å². The summed E-state index contributed by atoms with van der Waals surface area (Å²) in [7, 11) is -3.67. The van der Waals surface area contributed by atoms with Gasteiger partial charge in [0.25, 0.3) is 10.0 Å². The lowest BCUT2D eigenvalue weighted by Gasteiger charge is -2.07. The standard InChI is InChI=1S/C14H13N3O3S/c1-11-10-14(15-20-11)16-21(18,19)13-6-4-12(5-7-13)17-8-2-3-9-17/h2-10H,1H3,(H,15,16). The van der Waals surface area contributed by atoms with E-state index in [1.165, 1.54) is 6.07 Å². The highest BCUT2D eigenvalue weighted by Crippen LogP contribution is 2.17. The molecule has 0 aliphatic heterocycles. The maximum absolute atomic E-state index is 12.2. The fourth-order valence-electron chi connectivity index (χ4n) is 1.92. The zero-order valence-electron chi connectivity index (χ0n) is 11.2. The predicted molar refractivity (Wildman–Crippen MR) is 77.8 cm³/mol. The van der Waals surface area contributed by atoms with Crippen molar-refractivity contribution in [3.63, 3.8) is 0 Å². The smallest absolute Gasteiger partial charge is 0.263 e. The Morgan fingerprint density at radius 3 is 2.38 bits per heavy atom. The van der Waals surface area contributed by atoms with Gasteiger partial charge < -0.3 is 9.09 Å². The quantitative estimate of drug-likeness (QED) is 0.803. The van der Waals surface area contributed by atoms with Gasteiger partial charge in [0.05, 0.1) is 4.90 Å². The molecule has 6 nitrogen and oxygen atoms in total. The van der Waals surface area contributed by atoms with E-state index in [4.69, 9.17) is 4.52 Å². The summed E-state index contributed by atoms with van der Waals surface area (Å²) in [6.45, 7) is 1.69. The number of aromatic nitrogens is 2. The number of hydrogen-bond donors (Lipinski definition) is 1. The molecule has 2 heterocycles. The van der Waals surface area contributed by atoms with Crippen LogP contribution in [0.15, 0.2) is 64.3 Å². The lowest BCUT2D eigenvalue weighted by atomic mass is 10.3. The van der Waals surface area contributed by atoms with Gasteiger partial charge in [0.1, 0.15) is 5.76 Å². The van der Waals surface area contributed by atoms with Crippen LogP contribution < -0.4 is 4.72 Å². The summed E-state index contributed by atoms with van der Waals surface area (Å²) in [6.07, 6.45) is 3.78. The minimum atomic E-state index is -3.67. The molecule has 1 N–H and O–H groups in total. The topological polar surface area (TPSA) is 77.1 Å². The first-order chi connectivity index (χ1) is 10.0. The number of nitrogens with one attached hydrogen (secondary N) is 1. The lowest BCUT2D eigenvalue weighted by Crippen LogP contribution is -2.13. The van der Waals surface area contributed by atoms with Crippen molar-refractivity contribution in [3.8, 4) is 5.69 Å². The van der Waals surface area contributed by atoms with Crippen molar-refractivity contribution < 1.29 is 12.9 Å². The third-order valence-corrected chi connectivity index (χ3v) is 4.29. The van der Waals surface area contributed by atoms with Crippen LogP contribution in [0.4, 0.5) is 5.82 Å². The third kappa shape index (κ3) is 2.82. The molecule has 0 amide bonds. The number of aryl methyl sites for hydroxylation is 1. The van der Waals surface area contributed by atoms with Crippen LogP contribution in [0.3, 0.4) is 0 Å². The van der Waals surface area contributed by atoms with E-state index in [-0.39, 0.29) is 10.7 Å². The number of nitrogens with zero attached hydrogens (tertiary/aromatic N) is 2. The molecule has 0 saturated carbocycles. The first-order valence-corrected chi connectivity index (χ1v) is 7.72. The van der Waals surface area contributed by atoms with Gasteiger partial charge in [0.2, 0.25) is 0 Å². The second-order valence-corrected chi connectivity index (χ2v) is 6.19. The Kier molecular flexibility index (Phi) is 3.26. The van der Waals surface area contributed by atoms with Crippen molar-refractivity contribution in [1.29, 1.82) is 0 Å². The van der Waals surface area contributed by atoms with Gasteiger partial charge in [-0.25, -0.2) is 8.42 Å². The second-order valence-electron chi connectivity index (χ2n) is 4.51. The van der Waals surface area contributed by atoms with Crippen molar-refractivity contribution >= 4 is 15.8 Å². The van der Waals surface area contributed by atoms with Crippen LogP contribution in [0, 0.1) is 6.92 Å². The number of rotatable bonds is 4. The fraction of sp³-hybridized carbons (Fsp3) is 0.0714. The molecule has 0 aliphatic rings. The van der Waals surface area contributed by atoms with Crippen LogP contribution in [0.25, 0.3) is 5.69 Å². The highest BCUT2D eigenvalue weighted by atomic mass is 32.2. The molecule has 21 heavy (non-hydrogen) atoms. The van der Waals surface area contributed by atoms with E-state index < -0.39 is 10.0 Å². The number of anilines is 1. The van der Waals surface area contributed by atoms with Gasteiger partial charge in [-0.15, -0.1) is 0 Å². The first kappa shape index (κ1) is 13.4. The first-order valence-electron chi connectivity index (χ1n) is 6.24. The summed E-state index contributed by atoms with van der Waals surface area (Å²) in [5.74, 6) is 0.706. The maximum atomic E-state index is 12.2. The van der Waals surface area contributed by atoms with Crippen molar-refractivity contribution in [2.75, 3.05) is 4.72 Å². The number of hydrogen-bond acceptors (Lipinski definition) is 4. The fourth-order valence-corrected chi connectivity index (χ4v) is 2.90. The molecule has 7 heteroatoms. The summed E-state index contributed by atoms with van der Waals surface area (Å²) in [4.78, 5) is 0.166. The molecule has 1 aromatic carbocycles. The van der Waals surface area contributed by atoms with Crippen molar-refractivity contribution in [2.24, 2.45) is 0 Å². The Morgan fingerprint density at radius 2 is 1.81 bits per heavy atom. The van der Waals surface area contributed by atoms with Gasteiger partial charge in [-0.3, -0.25) is 4.72 Å². The van der Waals surface area contributed by atoms with Gasteiger partial charge in [-0.2, -0.15) is 0 Å². The molecule has 0 saturated heterocycles. The van der Waals surface area contributed by atoms with Gasteiger partial charge in [0, 0.05) is 24.1 Å². The summed E-state index contributed by atoms with van der Waals surface area (Å²) in [6, 6.07) is 11.9. The number of sulfonamides is 1. The molecule has 0 radical (unpaired) electrons. The average molecular weight is 303 g/mol. The van der Waals surface area contributed by atoms with E-state index in [9.17, 15) is 8.42 Å². The maximum Gasteiger partial charge on any atom is 0.263 e.